The third-order valence-corrected chi connectivity index (χ3v) is 8.30. The predicted octanol–water partition coefficient (Wildman–Crippen LogP) is 6.60. The Morgan fingerprint density at radius 3 is 2.00 bits per heavy atom. The number of benzene rings is 1. The van der Waals surface area contributed by atoms with Gasteiger partial charge < -0.3 is 0 Å². The molecule has 0 unspecified atom stereocenters. The van der Waals surface area contributed by atoms with Crippen molar-refractivity contribution >= 4 is 52.0 Å². The summed E-state index contributed by atoms with van der Waals surface area (Å²) in [5.74, 6) is 0. The molecule has 3 heterocycles. The first kappa shape index (κ1) is 14.6. The molecule has 1 aromatic heterocycles. The maximum atomic E-state index is 4.07. The fourth-order valence-corrected chi connectivity index (χ4v) is 6.63. The lowest BCUT2D eigenvalue weighted by Gasteiger charge is -2.05. The third kappa shape index (κ3) is 3.04. The molecule has 2 aliphatic heterocycles. The van der Waals surface area contributed by atoms with Crippen LogP contribution in [0.15, 0.2) is 73.5 Å². The fraction of sp³-hybridized carbons (Fsp3) is 0. The van der Waals surface area contributed by atoms with E-state index in [2.05, 4.69) is 45.5 Å². The Kier molecular flexibility index (Phi) is 4.39. The summed E-state index contributed by atoms with van der Waals surface area (Å²) < 4.78 is 2.79. The van der Waals surface area contributed by atoms with E-state index < -0.39 is 0 Å². The van der Waals surface area contributed by atoms with E-state index in [4.69, 9.17) is 0 Å². The van der Waals surface area contributed by atoms with Gasteiger partial charge in [0.25, 0.3) is 0 Å². The van der Waals surface area contributed by atoms with Gasteiger partial charge >= 0.3 is 0 Å². The number of thioether (sulfide) groups is 4. The van der Waals surface area contributed by atoms with Crippen LogP contribution < -0.4 is 0 Å². The van der Waals surface area contributed by atoms with Crippen LogP contribution in [0.4, 0.5) is 0 Å². The molecule has 0 aliphatic carbocycles. The number of pyridine rings is 1. The molecule has 0 fully saturated rings. The van der Waals surface area contributed by atoms with Gasteiger partial charge in [0.05, 0.1) is 8.47 Å². The molecule has 0 spiro atoms. The van der Waals surface area contributed by atoms with Gasteiger partial charge in [-0.15, -0.1) is 0 Å². The zero-order valence-electron chi connectivity index (χ0n) is 11.4. The minimum Gasteiger partial charge on any atom is -0.265 e. The predicted molar refractivity (Wildman–Crippen MR) is 104 cm³/mol. The highest BCUT2D eigenvalue weighted by Crippen LogP contribution is 2.55. The Labute approximate surface area is 146 Å². The molecule has 0 amide bonds. The number of rotatable bonds is 2. The highest BCUT2D eigenvalue weighted by atomic mass is 32.2. The first-order valence-electron chi connectivity index (χ1n) is 6.68. The van der Waals surface area contributed by atoms with Gasteiger partial charge in [0.2, 0.25) is 0 Å². The highest BCUT2D eigenvalue weighted by molar-refractivity contribution is 8.35. The molecule has 0 saturated carbocycles. The van der Waals surface area contributed by atoms with Gasteiger partial charge in [-0.2, -0.15) is 0 Å². The molecule has 1 nitrogen and oxygen atoms in total. The Bertz CT molecular complexity index is 766. The number of hydrogen-bond acceptors (Lipinski definition) is 5. The van der Waals surface area contributed by atoms with Gasteiger partial charge in [-0.3, -0.25) is 4.98 Å². The summed E-state index contributed by atoms with van der Waals surface area (Å²) in [4.78, 5) is 5.40. The smallest absolute Gasteiger partial charge is 0.0700 e. The molecule has 0 bridgehead atoms. The van der Waals surface area contributed by atoms with Gasteiger partial charge in [0.1, 0.15) is 0 Å². The van der Waals surface area contributed by atoms with Gasteiger partial charge in [0.15, 0.2) is 0 Å². The molecule has 2 aliphatic rings. The molecule has 1 aromatic carbocycles. The number of aromatic nitrogens is 1. The van der Waals surface area contributed by atoms with Crippen molar-refractivity contribution in [2.45, 2.75) is 0 Å². The second-order valence-corrected chi connectivity index (χ2v) is 8.88. The zero-order valence-corrected chi connectivity index (χ0v) is 14.7. The second kappa shape index (κ2) is 6.62. The van der Waals surface area contributed by atoms with E-state index >= 15 is 0 Å². The first-order valence-corrected chi connectivity index (χ1v) is 10.1. The van der Waals surface area contributed by atoms with Crippen molar-refractivity contribution in [3.05, 3.63) is 79.1 Å². The topological polar surface area (TPSA) is 12.9 Å². The molecule has 0 saturated heterocycles. The molecule has 4 rings (SSSR count). The van der Waals surface area contributed by atoms with Crippen molar-refractivity contribution in [3.8, 4) is 11.1 Å². The van der Waals surface area contributed by atoms with E-state index in [0.29, 0.717) is 0 Å². The number of nitrogens with zero attached hydrogens (tertiary/aromatic N) is 1. The van der Waals surface area contributed by atoms with Crippen LogP contribution in [0.3, 0.4) is 0 Å². The summed E-state index contributed by atoms with van der Waals surface area (Å²) in [6.07, 6.45) is 3.66. The molecule has 22 heavy (non-hydrogen) atoms. The molecule has 0 radical (unpaired) electrons. The van der Waals surface area contributed by atoms with E-state index in [1.54, 1.807) is 0 Å². The van der Waals surface area contributed by atoms with Gasteiger partial charge in [-0.1, -0.05) is 71.3 Å². The van der Waals surface area contributed by atoms with E-state index in [1.165, 1.54) is 30.1 Å². The highest BCUT2D eigenvalue weighted by Gasteiger charge is 2.19. The summed E-state index contributed by atoms with van der Waals surface area (Å²) in [5.41, 5.74) is 3.72. The average Bonchev–Trinajstić information content (AvgIpc) is 3.27. The van der Waals surface area contributed by atoms with Crippen molar-refractivity contribution in [2.24, 2.45) is 0 Å². The maximum absolute atomic E-state index is 4.07. The minimum atomic E-state index is 1.21. The van der Waals surface area contributed by atoms with Gasteiger partial charge in [-0.05, 0) is 45.0 Å². The van der Waals surface area contributed by atoms with Crippen LogP contribution in [0.5, 0.6) is 0 Å². The van der Waals surface area contributed by atoms with Crippen LogP contribution in [0, 0.1) is 0 Å². The Hall–Kier alpha value is -1.01. The zero-order chi connectivity index (χ0) is 14.8. The van der Waals surface area contributed by atoms with Crippen molar-refractivity contribution in [1.82, 2.24) is 4.98 Å². The van der Waals surface area contributed by atoms with Crippen molar-refractivity contribution < 1.29 is 0 Å². The average molecular weight is 358 g/mol. The summed E-state index contributed by atoms with van der Waals surface area (Å²) in [6, 6.07) is 12.9. The monoisotopic (exact) mass is 357 g/mol. The van der Waals surface area contributed by atoms with Gasteiger partial charge in [0, 0.05) is 17.3 Å². The van der Waals surface area contributed by atoms with E-state index in [9.17, 15) is 0 Å². The normalized spacial score (nSPS) is 17.2. The summed E-state index contributed by atoms with van der Waals surface area (Å²) in [5, 5.41) is 6.55. The lowest BCUT2D eigenvalue weighted by Crippen LogP contribution is -1.81. The Morgan fingerprint density at radius 1 is 0.636 bits per heavy atom. The van der Waals surface area contributed by atoms with Crippen molar-refractivity contribution in [2.75, 3.05) is 0 Å². The quantitative estimate of drug-likeness (QED) is 0.598. The van der Waals surface area contributed by atoms with Crippen molar-refractivity contribution in [3.63, 3.8) is 0 Å². The van der Waals surface area contributed by atoms with E-state index in [1.807, 2.05) is 71.6 Å². The largest absolute Gasteiger partial charge is 0.265 e. The molecule has 2 aromatic rings. The Balaban J connectivity index is 1.54. The number of hydrogen-bond donors (Lipinski definition) is 0. The van der Waals surface area contributed by atoms with Crippen molar-refractivity contribution in [1.29, 1.82) is 0 Å². The summed E-state index contributed by atoms with van der Waals surface area (Å²) in [7, 11) is 0. The first-order chi connectivity index (χ1) is 10.9. The van der Waals surface area contributed by atoms with Crippen LogP contribution in [0.25, 0.3) is 16.0 Å². The SMILES string of the molecule is C1=CSC(=C2SC=C(c3ccc(-c4ccncc4)cc3)S2)S1. The van der Waals surface area contributed by atoms with Crippen LogP contribution >= 0.6 is 47.0 Å². The van der Waals surface area contributed by atoms with Crippen LogP contribution in [-0.4, -0.2) is 4.98 Å². The lowest BCUT2D eigenvalue weighted by molar-refractivity contribution is 1.33. The fourth-order valence-electron chi connectivity index (χ4n) is 2.15. The molecule has 0 atom stereocenters. The molecule has 5 heteroatoms. The van der Waals surface area contributed by atoms with Gasteiger partial charge in [-0.25, -0.2) is 0 Å². The summed E-state index contributed by atoms with van der Waals surface area (Å²) in [6.45, 7) is 0. The summed E-state index contributed by atoms with van der Waals surface area (Å²) >= 11 is 7.34. The standard InChI is InChI=1S/C17H11NS4/c1-3-14(4-2-12(1)13-5-7-18-8-6-13)15-11-21-17(22-15)16-19-9-10-20-16/h1-11H. The van der Waals surface area contributed by atoms with Crippen LogP contribution in [0.2, 0.25) is 0 Å². The van der Waals surface area contributed by atoms with E-state index in [0.717, 1.165) is 0 Å². The Morgan fingerprint density at radius 2 is 1.27 bits per heavy atom. The third-order valence-electron chi connectivity index (χ3n) is 3.23. The molecular weight excluding hydrogens is 346 g/mol. The molecule has 108 valence electrons. The minimum absolute atomic E-state index is 1.21. The molecular formula is C17H11NS4. The maximum Gasteiger partial charge on any atom is 0.0700 e. The van der Waals surface area contributed by atoms with E-state index in [-0.39, 0.29) is 0 Å². The van der Waals surface area contributed by atoms with Crippen LogP contribution in [-0.2, 0) is 0 Å². The lowest BCUT2D eigenvalue weighted by atomic mass is 10.1. The van der Waals surface area contributed by atoms with Crippen LogP contribution in [0.1, 0.15) is 5.56 Å². The molecule has 0 N–H and O–H groups in total. The second-order valence-electron chi connectivity index (χ2n) is 4.60.